The number of hydrogen-bond donors (Lipinski definition) is 1. The number of hydrogen-bond acceptors (Lipinski definition) is 1. The average molecular weight is 191 g/mol. The normalized spacial score (nSPS) is 36.2. The van der Waals surface area contributed by atoms with Crippen molar-refractivity contribution in [2.75, 3.05) is 6.54 Å². The second kappa shape index (κ2) is 4.31. The molecule has 0 aromatic carbocycles. The van der Waals surface area contributed by atoms with Gasteiger partial charge in [-0.3, -0.25) is 0 Å². The third kappa shape index (κ3) is 2.09. The van der Waals surface area contributed by atoms with Crippen molar-refractivity contribution in [3.05, 3.63) is 24.8 Å². The first-order chi connectivity index (χ1) is 6.79. The molecule has 2 aliphatic carbocycles. The molecule has 4 unspecified atom stereocenters. The molecule has 1 saturated carbocycles. The molecule has 0 aromatic rings. The molecule has 0 saturated heterocycles. The molecule has 0 heterocycles. The Morgan fingerprint density at radius 3 is 2.93 bits per heavy atom. The summed E-state index contributed by atoms with van der Waals surface area (Å²) in [5.74, 6) is 2.68. The van der Waals surface area contributed by atoms with Gasteiger partial charge in [-0.15, -0.1) is 6.58 Å². The SMILES string of the molecule is C=CCC(C)NCC1CC2C=CC1C2. The molecule has 2 rings (SSSR count). The Kier molecular flexibility index (Phi) is 3.07. The van der Waals surface area contributed by atoms with Crippen molar-refractivity contribution in [3.8, 4) is 0 Å². The van der Waals surface area contributed by atoms with E-state index in [9.17, 15) is 0 Å². The van der Waals surface area contributed by atoms with Crippen LogP contribution in [-0.2, 0) is 0 Å². The molecule has 1 heteroatoms. The molecule has 0 aliphatic heterocycles. The lowest BCUT2D eigenvalue weighted by molar-refractivity contribution is 0.390. The summed E-state index contributed by atoms with van der Waals surface area (Å²) < 4.78 is 0. The molecule has 0 amide bonds. The summed E-state index contributed by atoms with van der Waals surface area (Å²) in [4.78, 5) is 0. The van der Waals surface area contributed by atoms with Gasteiger partial charge in [-0.25, -0.2) is 0 Å². The summed E-state index contributed by atoms with van der Waals surface area (Å²) in [6.07, 6.45) is 10.7. The Bertz CT molecular complexity index is 231. The van der Waals surface area contributed by atoms with Crippen LogP contribution in [0.15, 0.2) is 24.8 Å². The fraction of sp³-hybridized carbons (Fsp3) is 0.692. The van der Waals surface area contributed by atoms with Crippen molar-refractivity contribution in [3.63, 3.8) is 0 Å². The van der Waals surface area contributed by atoms with Crippen LogP contribution in [0.25, 0.3) is 0 Å². The van der Waals surface area contributed by atoms with Crippen LogP contribution < -0.4 is 5.32 Å². The van der Waals surface area contributed by atoms with Crippen LogP contribution in [-0.4, -0.2) is 12.6 Å². The van der Waals surface area contributed by atoms with Crippen molar-refractivity contribution in [1.29, 1.82) is 0 Å². The van der Waals surface area contributed by atoms with E-state index < -0.39 is 0 Å². The van der Waals surface area contributed by atoms with E-state index in [4.69, 9.17) is 0 Å². The highest BCUT2D eigenvalue weighted by atomic mass is 14.9. The fourth-order valence-corrected chi connectivity index (χ4v) is 2.82. The van der Waals surface area contributed by atoms with Crippen molar-refractivity contribution in [1.82, 2.24) is 5.32 Å². The van der Waals surface area contributed by atoms with Gasteiger partial charge in [0.15, 0.2) is 0 Å². The van der Waals surface area contributed by atoms with E-state index in [0.717, 1.165) is 24.2 Å². The first kappa shape index (κ1) is 9.97. The fourth-order valence-electron chi connectivity index (χ4n) is 2.82. The number of allylic oxidation sites excluding steroid dienone is 2. The molecule has 1 N–H and O–H groups in total. The summed E-state index contributed by atoms with van der Waals surface area (Å²) in [6, 6.07) is 0.593. The van der Waals surface area contributed by atoms with Gasteiger partial charge in [0.05, 0.1) is 0 Å². The maximum atomic E-state index is 3.77. The molecule has 78 valence electrons. The van der Waals surface area contributed by atoms with E-state index >= 15 is 0 Å². The number of fused-ring (bicyclic) bond motifs is 2. The highest BCUT2D eigenvalue weighted by molar-refractivity contribution is 5.10. The molecule has 1 nitrogen and oxygen atoms in total. The van der Waals surface area contributed by atoms with Gasteiger partial charge in [-0.05, 0) is 50.5 Å². The first-order valence-electron chi connectivity index (χ1n) is 5.82. The van der Waals surface area contributed by atoms with Gasteiger partial charge in [0.25, 0.3) is 0 Å². The maximum Gasteiger partial charge on any atom is 0.00732 e. The molecule has 1 fully saturated rings. The lowest BCUT2D eigenvalue weighted by Crippen LogP contribution is -2.32. The largest absolute Gasteiger partial charge is 0.314 e. The highest BCUT2D eigenvalue weighted by Gasteiger charge is 2.35. The second-order valence-electron chi connectivity index (χ2n) is 4.87. The smallest absolute Gasteiger partial charge is 0.00732 e. The predicted octanol–water partition coefficient (Wildman–Crippen LogP) is 2.75. The Balaban J connectivity index is 1.71. The van der Waals surface area contributed by atoms with Gasteiger partial charge < -0.3 is 5.32 Å². The van der Waals surface area contributed by atoms with Crippen LogP contribution >= 0.6 is 0 Å². The first-order valence-corrected chi connectivity index (χ1v) is 5.82. The van der Waals surface area contributed by atoms with Gasteiger partial charge in [0, 0.05) is 6.04 Å². The molecule has 14 heavy (non-hydrogen) atoms. The van der Waals surface area contributed by atoms with Crippen molar-refractivity contribution < 1.29 is 0 Å². The van der Waals surface area contributed by atoms with Gasteiger partial charge in [0.2, 0.25) is 0 Å². The lowest BCUT2D eigenvalue weighted by Gasteiger charge is -2.21. The van der Waals surface area contributed by atoms with E-state index in [1.54, 1.807) is 0 Å². The van der Waals surface area contributed by atoms with Gasteiger partial charge in [-0.1, -0.05) is 18.2 Å². The van der Waals surface area contributed by atoms with Crippen LogP contribution in [0.3, 0.4) is 0 Å². The van der Waals surface area contributed by atoms with Crippen LogP contribution in [0.2, 0.25) is 0 Å². The molecule has 4 atom stereocenters. The minimum Gasteiger partial charge on any atom is -0.314 e. The average Bonchev–Trinajstić information content (AvgIpc) is 2.76. The van der Waals surface area contributed by atoms with Crippen LogP contribution in [0.4, 0.5) is 0 Å². The van der Waals surface area contributed by atoms with Crippen LogP contribution in [0.1, 0.15) is 26.2 Å². The highest BCUT2D eigenvalue weighted by Crippen LogP contribution is 2.42. The van der Waals surface area contributed by atoms with Gasteiger partial charge >= 0.3 is 0 Å². The summed E-state index contributed by atoms with van der Waals surface area (Å²) in [7, 11) is 0. The minimum atomic E-state index is 0.593. The second-order valence-corrected chi connectivity index (χ2v) is 4.87. The molecule has 0 aromatic heterocycles. The maximum absolute atomic E-state index is 3.77. The van der Waals surface area contributed by atoms with E-state index in [2.05, 4.69) is 31.0 Å². The van der Waals surface area contributed by atoms with Crippen molar-refractivity contribution in [2.24, 2.45) is 17.8 Å². The van der Waals surface area contributed by atoms with Gasteiger partial charge in [-0.2, -0.15) is 0 Å². The monoisotopic (exact) mass is 191 g/mol. The third-order valence-corrected chi connectivity index (χ3v) is 3.67. The zero-order valence-electron chi connectivity index (χ0n) is 9.08. The Labute approximate surface area is 87.3 Å². The van der Waals surface area contributed by atoms with Crippen molar-refractivity contribution >= 4 is 0 Å². The molecule has 2 aliphatic rings. The van der Waals surface area contributed by atoms with Crippen molar-refractivity contribution in [2.45, 2.75) is 32.2 Å². The van der Waals surface area contributed by atoms with Gasteiger partial charge in [0.1, 0.15) is 0 Å². The molecule has 0 spiro atoms. The van der Waals surface area contributed by atoms with E-state index in [-0.39, 0.29) is 0 Å². The Morgan fingerprint density at radius 2 is 2.36 bits per heavy atom. The summed E-state index contributed by atoms with van der Waals surface area (Å²) in [5, 5.41) is 3.61. The predicted molar refractivity (Wildman–Crippen MR) is 61.1 cm³/mol. The molecular formula is C13H21N. The number of nitrogens with one attached hydrogen (secondary N) is 1. The zero-order chi connectivity index (χ0) is 9.97. The number of rotatable bonds is 5. The molecule has 0 radical (unpaired) electrons. The Hall–Kier alpha value is -0.560. The topological polar surface area (TPSA) is 12.0 Å². The third-order valence-electron chi connectivity index (χ3n) is 3.67. The van der Waals surface area contributed by atoms with E-state index in [1.807, 2.05) is 6.08 Å². The quantitative estimate of drug-likeness (QED) is 0.659. The summed E-state index contributed by atoms with van der Waals surface area (Å²) in [6.45, 7) is 7.20. The van der Waals surface area contributed by atoms with E-state index in [1.165, 1.54) is 19.4 Å². The lowest BCUT2D eigenvalue weighted by atomic mass is 9.93. The van der Waals surface area contributed by atoms with Crippen LogP contribution in [0, 0.1) is 17.8 Å². The minimum absolute atomic E-state index is 0.593. The summed E-state index contributed by atoms with van der Waals surface area (Å²) >= 11 is 0. The molecular weight excluding hydrogens is 170 g/mol. The Morgan fingerprint density at radius 1 is 1.50 bits per heavy atom. The zero-order valence-corrected chi connectivity index (χ0v) is 9.08. The summed E-state index contributed by atoms with van der Waals surface area (Å²) in [5.41, 5.74) is 0. The standard InChI is InChI=1S/C13H21N/c1-3-4-10(2)14-9-13-8-11-5-6-12(13)7-11/h3,5-6,10-14H,1,4,7-9H2,2H3. The van der Waals surface area contributed by atoms with Crippen LogP contribution in [0.5, 0.6) is 0 Å². The molecule has 2 bridgehead atoms. The van der Waals surface area contributed by atoms with E-state index in [0.29, 0.717) is 6.04 Å².